The van der Waals surface area contributed by atoms with Crippen molar-refractivity contribution in [1.82, 2.24) is 24.5 Å². The van der Waals surface area contributed by atoms with Crippen molar-refractivity contribution < 1.29 is 19.7 Å². The van der Waals surface area contributed by atoms with E-state index in [4.69, 9.17) is 19.4 Å². The van der Waals surface area contributed by atoms with Gasteiger partial charge in [-0.2, -0.15) is 0 Å². The minimum absolute atomic E-state index is 0.0531. The van der Waals surface area contributed by atoms with Crippen LogP contribution < -0.4 is 10.6 Å². The lowest BCUT2D eigenvalue weighted by Gasteiger charge is -2.20. The largest absolute Gasteiger partial charge is 0.387 e. The zero-order chi connectivity index (χ0) is 30.6. The molecule has 228 valence electrons. The van der Waals surface area contributed by atoms with Crippen molar-refractivity contribution in [3.63, 3.8) is 0 Å². The average Bonchev–Trinajstić information content (AvgIpc) is 3.58. The molecule has 0 aliphatic carbocycles. The molecular weight excluding hydrogens is 558 g/mol. The molecule has 0 unspecified atom stereocenters. The highest BCUT2D eigenvalue weighted by Gasteiger charge is 2.44. The second-order valence-electron chi connectivity index (χ2n) is 11.0. The maximum absolute atomic E-state index is 10.9. The van der Waals surface area contributed by atoms with Gasteiger partial charge in [0.25, 0.3) is 0 Å². The number of methoxy groups -OCH3 is 1. The van der Waals surface area contributed by atoms with Crippen LogP contribution in [0, 0.1) is 13.8 Å². The van der Waals surface area contributed by atoms with Crippen LogP contribution in [0.3, 0.4) is 0 Å². The Morgan fingerprint density at radius 3 is 2.25 bits per heavy atom. The first kappa shape index (κ1) is 29.6. The first-order valence-electron chi connectivity index (χ1n) is 14.7. The molecule has 0 saturated carbocycles. The Balaban J connectivity index is 1.36. The molecule has 3 aromatic heterocycles. The van der Waals surface area contributed by atoms with Crippen molar-refractivity contribution in [3.8, 4) is 0 Å². The zero-order valence-corrected chi connectivity index (χ0v) is 25.0. The predicted octanol–water partition coefficient (Wildman–Crippen LogP) is 3.96. The number of rotatable bonds is 11. The van der Waals surface area contributed by atoms with Gasteiger partial charge in [0.15, 0.2) is 29.0 Å². The summed E-state index contributed by atoms with van der Waals surface area (Å²) in [6.07, 6.45) is -2.33. The second kappa shape index (κ2) is 13.1. The monoisotopic (exact) mass is 595 g/mol. The summed E-state index contributed by atoms with van der Waals surface area (Å²) in [5, 5.41) is 28.5. The summed E-state index contributed by atoms with van der Waals surface area (Å²) in [7, 11) is 1.52. The normalized spacial score (nSPS) is 20.0. The second-order valence-corrected chi connectivity index (χ2v) is 11.0. The lowest BCUT2D eigenvalue weighted by molar-refractivity contribution is -0.0580. The van der Waals surface area contributed by atoms with E-state index in [1.54, 1.807) is 10.9 Å². The molecule has 44 heavy (non-hydrogen) atoms. The Kier molecular flexibility index (Phi) is 8.80. The van der Waals surface area contributed by atoms with Crippen molar-refractivity contribution in [2.45, 2.75) is 50.8 Å². The van der Waals surface area contributed by atoms with Crippen LogP contribution in [-0.4, -0.2) is 73.3 Å². The minimum atomic E-state index is -1.19. The SMILES string of the molecule is COC[C@H]1O[C@@H](n2cnc3c(NCC(c4ccccc4)c4ccccc4)nc(CNc4ccc(C)nc4C)nc32)[C@H](O)[C@@H]1O. The lowest BCUT2D eigenvalue weighted by Crippen LogP contribution is -2.33. The van der Waals surface area contributed by atoms with Gasteiger partial charge in [-0.1, -0.05) is 60.7 Å². The number of pyridine rings is 1. The van der Waals surface area contributed by atoms with Gasteiger partial charge < -0.3 is 30.3 Å². The van der Waals surface area contributed by atoms with Crippen molar-refractivity contribution in [2.24, 2.45) is 0 Å². The first-order valence-corrected chi connectivity index (χ1v) is 14.7. The van der Waals surface area contributed by atoms with Crippen LogP contribution in [-0.2, 0) is 16.0 Å². The van der Waals surface area contributed by atoms with Crippen LogP contribution >= 0.6 is 0 Å². The maximum atomic E-state index is 10.9. The van der Waals surface area contributed by atoms with Crippen LogP contribution in [0.4, 0.5) is 11.5 Å². The Morgan fingerprint density at radius 2 is 1.59 bits per heavy atom. The molecule has 4 heterocycles. The van der Waals surface area contributed by atoms with Crippen molar-refractivity contribution >= 4 is 22.7 Å². The van der Waals surface area contributed by atoms with Gasteiger partial charge in [-0.25, -0.2) is 15.0 Å². The van der Waals surface area contributed by atoms with Crippen molar-refractivity contribution in [3.05, 3.63) is 107 Å². The molecule has 4 atom stereocenters. The molecule has 0 bridgehead atoms. The van der Waals surface area contributed by atoms with Gasteiger partial charge in [0.05, 0.1) is 30.9 Å². The zero-order valence-electron chi connectivity index (χ0n) is 25.0. The number of nitrogens with zero attached hydrogens (tertiary/aromatic N) is 5. The van der Waals surface area contributed by atoms with Gasteiger partial charge in [0, 0.05) is 25.3 Å². The summed E-state index contributed by atoms with van der Waals surface area (Å²) in [6, 6.07) is 24.6. The molecule has 6 rings (SSSR count). The first-order chi connectivity index (χ1) is 21.4. The van der Waals surface area contributed by atoms with Crippen molar-refractivity contribution in [2.75, 3.05) is 30.9 Å². The van der Waals surface area contributed by atoms with E-state index in [2.05, 4.69) is 44.9 Å². The highest BCUT2D eigenvalue weighted by molar-refractivity contribution is 5.83. The van der Waals surface area contributed by atoms with Crippen LogP contribution in [0.25, 0.3) is 11.2 Å². The fourth-order valence-corrected chi connectivity index (χ4v) is 5.66. The molecule has 11 nitrogen and oxygen atoms in total. The molecule has 1 aliphatic heterocycles. The average molecular weight is 596 g/mol. The number of nitrogens with one attached hydrogen (secondary N) is 2. The van der Waals surface area contributed by atoms with E-state index in [1.807, 2.05) is 62.4 Å². The summed E-state index contributed by atoms with van der Waals surface area (Å²) in [5.74, 6) is 1.12. The fraction of sp³-hybridized carbons (Fsp3) is 0.333. The number of anilines is 2. The number of benzene rings is 2. The van der Waals surface area contributed by atoms with Gasteiger partial charge in [0.2, 0.25) is 0 Å². The number of hydrogen-bond acceptors (Lipinski definition) is 10. The Hall–Kier alpha value is -4.42. The third-order valence-electron chi connectivity index (χ3n) is 7.95. The maximum Gasteiger partial charge on any atom is 0.168 e. The molecule has 2 aromatic carbocycles. The number of fused-ring (bicyclic) bond motifs is 1. The molecule has 5 aromatic rings. The number of aliphatic hydroxyl groups excluding tert-OH is 2. The van der Waals surface area contributed by atoms with Crippen LogP contribution in [0.2, 0.25) is 0 Å². The number of imidazole rings is 1. The fourth-order valence-electron chi connectivity index (χ4n) is 5.66. The van der Waals surface area contributed by atoms with Crippen molar-refractivity contribution in [1.29, 1.82) is 0 Å². The van der Waals surface area contributed by atoms with Gasteiger partial charge in [-0.3, -0.25) is 9.55 Å². The highest BCUT2D eigenvalue weighted by atomic mass is 16.6. The van der Waals surface area contributed by atoms with E-state index >= 15 is 0 Å². The third-order valence-corrected chi connectivity index (χ3v) is 7.95. The lowest BCUT2D eigenvalue weighted by atomic mass is 9.91. The summed E-state index contributed by atoms with van der Waals surface area (Å²) in [5.41, 5.74) is 6.06. The summed E-state index contributed by atoms with van der Waals surface area (Å²) in [4.78, 5) is 18.9. The minimum Gasteiger partial charge on any atom is -0.387 e. The smallest absolute Gasteiger partial charge is 0.168 e. The van der Waals surface area contributed by atoms with E-state index in [1.165, 1.54) is 18.2 Å². The van der Waals surface area contributed by atoms with E-state index in [0.29, 0.717) is 35.9 Å². The topological polar surface area (TPSA) is 139 Å². The molecule has 0 amide bonds. The van der Waals surface area contributed by atoms with E-state index in [0.717, 1.165) is 17.1 Å². The van der Waals surface area contributed by atoms with Gasteiger partial charge in [-0.15, -0.1) is 0 Å². The number of aryl methyl sites for hydroxylation is 2. The molecular formula is C33H37N7O4. The summed E-state index contributed by atoms with van der Waals surface area (Å²) in [6.45, 7) is 4.93. The van der Waals surface area contributed by atoms with Crippen LogP contribution in [0.1, 0.15) is 40.5 Å². The molecule has 0 radical (unpaired) electrons. The Labute approximate surface area is 256 Å². The Bertz CT molecular complexity index is 1660. The molecule has 1 aliphatic rings. The number of aromatic nitrogens is 5. The molecule has 1 fully saturated rings. The predicted molar refractivity (Wildman–Crippen MR) is 167 cm³/mol. The third kappa shape index (κ3) is 6.13. The van der Waals surface area contributed by atoms with Crippen LogP contribution in [0.5, 0.6) is 0 Å². The number of aliphatic hydroxyl groups is 2. The summed E-state index contributed by atoms with van der Waals surface area (Å²) >= 11 is 0. The standard InChI is InChI=1S/C33H37N7O4/c1-20-14-15-25(21(2)37-20)34-17-27-38-31(35-16-24(22-10-6-4-7-11-22)23-12-8-5-9-13-23)28-32(39-27)40(19-36-28)33-30(42)29(41)26(44-33)18-43-3/h4-15,19,24,26,29-30,33-34,41-42H,16-18H2,1-3H3,(H,35,38,39)/t26-,29-,30-,33-/m1/s1. The summed E-state index contributed by atoms with van der Waals surface area (Å²) < 4.78 is 12.9. The quantitative estimate of drug-likeness (QED) is 0.177. The van der Waals surface area contributed by atoms with Gasteiger partial charge in [0.1, 0.15) is 18.3 Å². The number of ether oxygens (including phenoxy) is 2. The van der Waals surface area contributed by atoms with E-state index in [-0.39, 0.29) is 12.5 Å². The van der Waals surface area contributed by atoms with E-state index in [9.17, 15) is 10.2 Å². The van der Waals surface area contributed by atoms with Gasteiger partial charge >= 0.3 is 0 Å². The molecule has 0 spiro atoms. The van der Waals surface area contributed by atoms with E-state index < -0.39 is 24.5 Å². The molecule has 11 heteroatoms. The molecule has 4 N–H and O–H groups in total. The van der Waals surface area contributed by atoms with Crippen LogP contribution in [0.15, 0.2) is 79.1 Å². The number of hydrogen-bond donors (Lipinski definition) is 4. The highest BCUT2D eigenvalue weighted by Crippen LogP contribution is 2.33. The van der Waals surface area contributed by atoms with Gasteiger partial charge in [-0.05, 0) is 37.1 Å². The molecule has 1 saturated heterocycles. The Morgan fingerprint density at radius 1 is 0.886 bits per heavy atom.